The molecule has 4 nitrogen and oxygen atoms in total. The maximum atomic E-state index is 5.64. The molecule has 0 aliphatic rings. The first-order valence-corrected chi connectivity index (χ1v) is 6.60. The van der Waals surface area contributed by atoms with Crippen molar-refractivity contribution >= 4 is 11.3 Å². The topological polar surface area (TPSA) is 60.2 Å². The van der Waals surface area contributed by atoms with E-state index >= 15 is 0 Å². The van der Waals surface area contributed by atoms with Crippen LogP contribution in [-0.2, 0) is 6.42 Å². The lowest BCUT2D eigenvalue weighted by molar-refractivity contribution is 0.411. The number of aryl methyl sites for hydroxylation is 1. The second-order valence-electron chi connectivity index (χ2n) is 4.12. The molecule has 0 saturated heterocycles. The number of methoxy groups -OCH3 is 1. The molecule has 0 spiro atoms. The Morgan fingerprint density at radius 2 is 2.33 bits per heavy atom. The first-order valence-electron chi connectivity index (χ1n) is 5.72. The zero-order valence-electron chi connectivity index (χ0n) is 10.5. The molecule has 96 valence electrons. The number of nitrogens with one attached hydrogen (secondary N) is 1. The molecule has 0 saturated carbocycles. The Kier molecular flexibility index (Phi) is 4.30. The third-order valence-corrected chi connectivity index (χ3v) is 3.71. The van der Waals surface area contributed by atoms with Gasteiger partial charge in [-0.1, -0.05) is 12.1 Å². The summed E-state index contributed by atoms with van der Waals surface area (Å²) in [5.74, 6) is 6.54. The number of rotatable bonds is 5. The maximum absolute atomic E-state index is 5.64. The molecule has 1 heterocycles. The number of nitrogens with zero attached hydrogens (tertiary/aromatic N) is 1. The summed E-state index contributed by atoms with van der Waals surface area (Å²) in [6.45, 7) is 2.03. The average molecular weight is 263 g/mol. The predicted molar refractivity (Wildman–Crippen MR) is 73.6 cm³/mol. The van der Waals surface area contributed by atoms with Gasteiger partial charge in [0.15, 0.2) is 0 Å². The molecule has 1 aromatic carbocycles. The summed E-state index contributed by atoms with van der Waals surface area (Å²) in [6.07, 6.45) is 2.72. The van der Waals surface area contributed by atoms with Gasteiger partial charge in [-0.3, -0.25) is 16.3 Å². The fraction of sp³-hybridized carbons (Fsp3) is 0.308. The molecule has 3 N–H and O–H groups in total. The Hall–Kier alpha value is -1.43. The second kappa shape index (κ2) is 5.95. The van der Waals surface area contributed by atoms with Gasteiger partial charge in [-0.15, -0.1) is 11.3 Å². The molecule has 0 aliphatic heterocycles. The first kappa shape index (κ1) is 13.0. The lowest BCUT2D eigenvalue weighted by atomic mass is 10.0. The van der Waals surface area contributed by atoms with Crippen LogP contribution < -0.4 is 16.0 Å². The quantitative estimate of drug-likeness (QED) is 0.641. The monoisotopic (exact) mass is 263 g/mol. The SMILES string of the molecule is COc1ccc(C(Cc2cncs2)NN)cc1C. The molecular formula is C13H17N3OS. The standard InChI is InChI=1S/C13H17N3OS/c1-9-5-10(3-4-13(9)17-2)12(16-14)6-11-7-15-8-18-11/h3-5,7-8,12,16H,6,14H2,1-2H3. The molecule has 18 heavy (non-hydrogen) atoms. The fourth-order valence-electron chi connectivity index (χ4n) is 1.94. The molecule has 0 aliphatic carbocycles. The van der Waals surface area contributed by atoms with Crippen molar-refractivity contribution in [2.75, 3.05) is 7.11 Å². The predicted octanol–water partition coefficient (Wildman–Crippen LogP) is 2.21. The van der Waals surface area contributed by atoms with E-state index in [4.69, 9.17) is 10.6 Å². The number of nitrogens with two attached hydrogens (primary N) is 1. The highest BCUT2D eigenvalue weighted by molar-refractivity contribution is 7.09. The zero-order valence-corrected chi connectivity index (χ0v) is 11.3. The molecule has 1 aromatic heterocycles. The van der Waals surface area contributed by atoms with Crippen LogP contribution in [0.5, 0.6) is 5.75 Å². The summed E-state index contributed by atoms with van der Waals surface area (Å²) in [5, 5.41) is 0. The molecule has 1 atom stereocenters. The third-order valence-electron chi connectivity index (χ3n) is 2.91. The highest BCUT2D eigenvalue weighted by Crippen LogP contribution is 2.25. The average Bonchev–Trinajstić information content (AvgIpc) is 2.88. The van der Waals surface area contributed by atoms with Gasteiger partial charge in [-0.25, -0.2) is 0 Å². The van der Waals surface area contributed by atoms with Gasteiger partial charge in [0.2, 0.25) is 0 Å². The van der Waals surface area contributed by atoms with Crippen molar-refractivity contribution in [1.29, 1.82) is 0 Å². The van der Waals surface area contributed by atoms with Crippen LogP contribution in [0.25, 0.3) is 0 Å². The Balaban J connectivity index is 2.19. The molecule has 1 unspecified atom stereocenters. The molecule has 0 radical (unpaired) electrons. The molecule has 0 amide bonds. The van der Waals surface area contributed by atoms with Crippen molar-refractivity contribution in [3.05, 3.63) is 45.9 Å². The van der Waals surface area contributed by atoms with E-state index in [1.165, 1.54) is 4.88 Å². The molecule has 0 bridgehead atoms. The summed E-state index contributed by atoms with van der Waals surface area (Å²) in [6, 6.07) is 6.21. The van der Waals surface area contributed by atoms with Gasteiger partial charge in [0.1, 0.15) is 5.75 Å². The molecule has 5 heteroatoms. The van der Waals surface area contributed by atoms with E-state index in [0.717, 1.165) is 23.3 Å². The van der Waals surface area contributed by atoms with Gasteiger partial charge < -0.3 is 4.74 Å². The van der Waals surface area contributed by atoms with Gasteiger partial charge in [-0.05, 0) is 24.1 Å². The number of benzene rings is 1. The summed E-state index contributed by atoms with van der Waals surface area (Å²) in [4.78, 5) is 5.29. The van der Waals surface area contributed by atoms with Gasteiger partial charge in [-0.2, -0.15) is 0 Å². The summed E-state index contributed by atoms with van der Waals surface area (Å²) in [7, 11) is 1.68. The van der Waals surface area contributed by atoms with E-state index < -0.39 is 0 Å². The van der Waals surface area contributed by atoms with E-state index in [9.17, 15) is 0 Å². The summed E-state index contributed by atoms with van der Waals surface area (Å²) >= 11 is 1.64. The second-order valence-corrected chi connectivity index (χ2v) is 5.09. The van der Waals surface area contributed by atoms with Crippen molar-refractivity contribution in [3.8, 4) is 5.75 Å². The van der Waals surface area contributed by atoms with Crippen LogP contribution in [-0.4, -0.2) is 12.1 Å². The first-order chi connectivity index (χ1) is 8.74. The van der Waals surface area contributed by atoms with E-state index in [1.54, 1.807) is 18.4 Å². The minimum Gasteiger partial charge on any atom is -0.496 e. The Bertz CT molecular complexity index is 499. The van der Waals surface area contributed by atoms with Crippen LogP contribution in [0.3, 0.4) is 0 Å². The van der Waals surface area contributed by atoms with Crippen molar-refractivity contribution < 1.29 is 4.74 Å². The van der Waals surface area contributed by atoms with Crippen LogP contribution in [0, 0.1) is 6.92 Å². The van der Waals surface area contributed by atoms with Gasteiger partial charge in [0.25, 0.3) is 0 Å². The normalized spacial score (nSPS) is 12.4. The van der Waals surface area contributed by atoms with E-state index in [1.807, 2.05) is 30.8 Å². The number of ether oxygens (including phenoxy) is 1. The molecule has 0 fully saturated rings. The molecule has 2 rings (SSSR count). The lowest BCUT2D eigenvalue weighted by Gasteiger charge is -2.17. The minimum absolute atomic E-state index is 0.0926. The third kappa shape index (κ3) is 2.87. The maximum Gasteiger partial charge on any atom is 0.121 e. The van der Waals surface area contributed by atoms with E-state index in [2.05, 4.69) is 16.5 Å². The van der Waals surface area contributed by atoms with Crippen LogP contribution in [0.15, 0.2) is 29.9 Å². The fourth-order valence-corrected chi connectivity index (χ4v) is 2.58. The summed E-state index contributed by atoms with van der Waals surface area (Å²) in [5.41, 5.74) is 6.96. The Morgan fingerprint density at radius 1 is 1.50 bits per heavy atom. The van der Waals surface area contributed by atoms with Gasteiger partial charge in [0, 0.05) is 17.5 Å². The molecule has 2 aromatic rings. The van der Waals surface area contributed by atoms with Crippen molar-refractivity contribution in [3.63, 3.8) is 0 Å². The minimum atomic E-state index is 0.0926. The number of hydrogen-bond donors (Lipinski definition) is 2. The Labute approximate surface area is 111 Å². The number of aromatic nitrogens is 1. The van der Waals surface area contributed by atoms with Crippen LogP contribution in [0.2, 0.25) is 0 Å². The van der Waals surface area contributed by atoms with Gasteiger partial charge in [0.05, 0.1) is 18.7 Å². The molecular weight excluding hydrogens is 246 g/mol. The van der Waals surface area contributed by atoms with E-state index in [0.29, 0.717) is 0 Å². The van der Waals surface area contributed by atoms with Gasteiger partial charge >= 0.3 is 0 Å². The van der Waals surface area contributed by atoms with Crippen molar-refractivity contribution in [2.45, 2.75) is 19.4 Å². The van der Waals surface area contributed by atoms with E-state index in [-0.39, 0.29) is 6.04 Å². The number of hydrazine groups is 1. The zero-order chi connectivity index (χ0) is 13.0. The largest absolute Gasteiger partial charge is 0.496 e. The van der Waals surface area contributed by atoms with Crippen LogP contribution in [0.4, 0.5) is 0 Å². The number of hydrogen-bond acceptors (Lipinski definition) is 5. The van der Waals surface area contributed by atoms with Crippen molar-refractivity contribution in [1.82, 2.24) is 10.4 Å². The smallest absolute Gasteiger partial charge is 0.121 e. The van der Waals surface area contributed by atoms with Crippen LogP contribution in [0.1, 0.15) is 22.0 Å². The Morgan fingerprint density at radius 3 is 2.89 bits per heavy atom. The van der Waals surface area contributed by atoms with Crippen molar-refractivity contribution in [2.24, 2.45) is 5.84 Å². The highest BCUT2D eigenvalue weighted by Gasteiger charge is 2.12. The lowest BCUT2D eigenvalue weighted by Crippen LogP contribution is -2.29. The highest BCUT2D eigenvalue weighted by atomic mass is 32.1. The van der Waals surface area contributed by atoms with Crippen LogP contribution >= 0.6 is 11.3 Å². The number of thiazole rings is 1. The summed E-state index contributed by atoms with van der Waals surface area (Å²) < 4.78 is 5.26.